The fraction of sp³-hybridized carbons (Fsp3) is 0.875. The Balaban J connectivity index is 2.30. The van der Waals surface area contributed by atoms with Crippen LogP contribution in [0.4, 0.5) is 0 Å². The highest BCUT2D eigenvalue weighted by Gasteiger charge is 2.03. The second-order valence-electron chi connectivity index (χ2n) is 2.99. The minimum absolute atomic E-state index is 0.691. The van der Waals surface area contributed by atoms with Gasteiger partial charge in [0.05, 0.1) is 13.2 Å². The predicted molar refractivity (Wildman–Crippen MR) is 51.7 cm³/mol. The van der Waals surface area contributed by atoms with Gasteiger partial charge in [0, 0.05) is 20.2 Å². The number of methoxy groups -OCH3 is 1. The highest BCUT2D eigenvalue weighted by atomic mass is 16.5. The van der Waals surface area contributed by atoms with Gasteiger partial charge in [-0.1, -0.05) is 6.92 Å². The van der Waals surface area contributed by atoms with E-state index in [0.29, 0.717) is 13.2 Å². The molecule has 0 fully saturated rings. The Bertz CT molecular complexity index is 250. The topological polar surface area (TPSA) is 64.9 Å². The predicted octanol–water partition coefficient (Wildman–Crippen LogP) is -0.181. The van der Waals surface area contributed by atoms with Gasteiger partial charge in [-0.3, -0.25) is 0 Å². The molecule has 14 heavy (non-hydrogen) atoms. The summed E-state index contributed by atoms with van der Waals surface area (Å²) >= 11 is 0. The Hall–Kier alpha value is -1.01. The fourth-order valence-electron chi connectivity index (χ4n) is 1.11. The van der Waals surface area contributed by atoms with Crippen LogP contribution in [-0.4, -0.2) is 40.5 Å². The highest BCUT2D eigenvalue weighted by molar-refractivity contribution is 4.79. The van der Waals surface area contributed by atoms with Crippen molar-refractivity contribution < 1.29 is 4.74 Å². The number of aromatic nitrogens is 4. The van der Waals surface area contributed by atoms with Crippen molar-refractivity contribution in [3.8, 4) is 0 Å². The fourth-order valence-corrected chi connectivity index (χ4v) is 1.11. The van der Waals surface area contributed by atoms with Gasteiger partial charge in [0.1, 0.15) is 0 Å². The first-order valence-corrected chi connectivity index (χ1v) is 4.83. The summed E-state index contributed by atoms with van der Waals surface area (Å²) in [4.78, 5) is 0. The lowest BCUT2D eigenvalue weighted by molar-refractivity contribution is 0.198. The zero-order chi connectivity index (χ0) is 10.2. The smallest absolute Gasteiger partial charge is 0.165 e. The van der Waals surface area contributed by atoms with Crippen LogP contribution in [0, 0.1) is 0 Å². The van der Waals surface area contributed by atoms with Gasteiger partial charge < -0.3 is 10.1 Å². The first kappa shape index (κ1) is 11.1. The van der Waals surface area contributed by atoms with Crippen molar-refractivity contribution in [3.63, 3.8) is 0 Å². The molecular weight excluding hydrogens is 182 g/mol. The van der Waals surface area contributed by atoms with Crippen LogP contribution in [0.15, 0.2) is 0 Å². The van der Waals surface area contributed by atoms with Crippen LogP contribution in [0.25, 0.3) is 0 Å². The molecule has 6 heteroatoms. The minimum Gasteiger partial charge on any atom is -0.383 e. The monoisotopic (exact) mass is 199 g/mol. The van der Waals surface area contributed by atoms with Gasteiger partial charge in [-0.15, -0.1) is 5.10 Å². The molecule has 0 aromatic carbocycles. The molecular formula is C8H17N5O. The third kappa shape index (κ3) is 3.39. The van der Waals surface area contributed by atoms with E-state index in [1.54, 1.807) is 7.11 Å². The summed E-state index contributed by atoms with van der Waals surface area (Å²) in [6.45, 7) is 5.18. The number of hydrogen-bond donors (Lipinski definition) is 1. The molecule has 0 saturated heterocycles. The van der Waals surface area contributed by atoms with E-state index in [-0.39, 0.29) is 0 Å². The van der Waals surface area contributed by atoms with Crippen LogP contribution in [0.3, 0.4) is 0 Å². The van der Waals surface area contributed by atoms with Gasteiger partial charge >= 0.3 is 0 Å². The van der Waals surface area contributed by atoms with Crippen molar-refractivity contribution in [3.05, 3.63) is 5.82 Å². The van der Waals surface area contributed by atoms with Gasteiger partial charge in [-0.2, -0.15) is 0 Å². The number of nitrogens with one attached hydrogen (secondary N) is 1. The second kappa shape index (κ2) is 6.44. The molecule has 0 amide bonds. The third-order valence-electron chi connectivity index (χ3n) is 1.81. The Morgan fingerprint density at radius 2 is 2.36 bits per heavy atom. The van der Waals surface area contributed by atoms with Crippen molar-refractivity contribution in [2.75, 3.05) is 20.3 Å². The van der Waals surface area contributed by atoms with E-state index < -0.39 is 0 Å². The molecule has 0 unspecified atom stereocenters. The summed E-state index contributed by atoms with van der Waals surface area (Å²) in [7, 11) is 1.68. The molecule has 1 aromatic rings. The highest BCUT2D eigenvalue weighted by Crippen LogP contribution is 1.93. The molecule has 0 aliphatic carbocycles. The lowest BCUT2D eigenvalue weighted by Gasteiger charge is -2.04. The molecule has 1 N–H and O–H groups in total. The van der Waals surface area contributed by atoms with Gasteiger partial charge in [0.2, 0.25) is 0 Å². The van der Waals surface area contributed by atoms with Crippen LogP contribution < -0.4 is 5.32 Å². The average Bonchev–Trinajstić information content (AvgIpc) is 2.61. The quantitative estimate of drug-likeness (QED) is 0.617. The molecule has 0 radical (unpaired) electrons. The average molecular weight is 199 g/mol. The standard InChI is InChI=1S/C8H17N5O/c1-3-5-13-8(10-11-12-13)7-9-4-6-14-2/h9H,3-7H2,1-2H3. The van der Waals surface area contributed by atoms with E-state index in [4.69, 9.17) is 4.74 Å². The van der Waals surface area contributed by atoms with E-state index in [2.05, 4.69) is 27.8 Å². The molecule has 0 atom stereocenters. The van der Waals surface area contributed by atoms with Gasteiger partial charge in [-0.05, 0) is 16.8 Å². The summed E-state index contributed by atoms with van der Waals surface area (Å²) < 4.78 is 6.74. The molecule has 80 valence electrons. The number of tetrazole rings is 1. The zero-order valence-corrected chi connectivity index (χ0v) is 8.73. The summed E-state index contributed by atoms with van der Waals surface area (Å²) in [5.41, 5.74) is 0. The second-order valence-corrected chi connectivity index (χ2v) is 2.99. The number of nitrogens with zero attached hydrogens (tertiary/aromatic N) is 4. The zero-order valence-electron chi connectivity index (χ0n) is 8.73. The normalized spacial score (nSPS) is 10.7. The minimum atomic E-state index is 0.691. The van der Waals surface area contributed by atoms with Crippen LogP contribution in [-0.2, 0) is 17.8 Å². The Morgan fingerprint density at radius 3 is 3.07 bits per heavy atom. The molecule has 0 aliphatic rings. The van der Waals surface area contributed by atoms with Gasteiger partial charge in [-0.25, -0.2) is 4.68 Å². The summed E-state index contributed by atoms with van der Waals surface area (Å²) in [6.07, 6.45) is 1.04. The van der Waals surface area contributed by atoms with Crippen LogP contribution in [0.1, 0.15) is 19.2 Å². The van der Waals surface area contributed by atoms with Crippen LogP contribution in [0.2, 0.25) is 0 Å². The largest absolute Gasteiger partial charge is 0.383 e. The van der Waals surface area contributed by atoms with Crippen LogP contribution in [0.5, 0.6) is 0 Å². The number of hydrogen-bond acceptors (Lipinski definition) is 5. The number of rotatable bonds is 7. The van der Waals surface area contributed by atoms with Gasteiger partial charge in [0.25, 0.3) is 0 Å². The molecule has 0 saturated carbocycles. The third-order valence-corrected chi connectivity index (χ3v) is 1.81. The number of aryl methyl sites for hydroxylation is 1. The Labute approximate surface area is 83.6 Å². The maximum Gasteiger partial charge on any atom is 0.165 e. The molecule has 1 heterocycles. The summed E-state index contributed by atoms with van der Waals surface area (Å²) in [5, 5.41) is 14.7. The molecule has 0 spiro atoms. The van der Waals surface area contributed by atoms with Crippen molar-refractivity contribution in [2.45, 2.75) is 26.4 Å². The van der Waals surface area contributed by atoms with Crippen molar-refractivity contribution >= 4 is 0 Å². The lowest BCUT2D eigenvalue weighted by Crippen LogP contribution is -2.21. The van der Waals surface area contributed by atoms with Crippen molar-refractivity contribution in [2.24, 2.45) is 0 Å². The lowest BCUT2D eigenvalue weighted by atomic mass is 10.4. The van der Waals surface area contributed by atoms with E-state index in [1.165, 1.54) is 0 Å². The molecule has 0 bridgehead atoms. The van der Waals surface area contributed by atoms with E-state index in [1.807, 2.05) is 4.68 Å². The summed E-state index contributed by atoms with van der Waals surface area (Å²) in [5.74, 6) is 0.878. The van der Waals surface area contributed by atoms with Crippen molar-refractivity contribution in [1.82, 2.24) is 25.5 Å². The SMILES string of the molecule is CCCn1nnnc1CNCCOC. The Kier molecular flexibility index (Phi) is 5.09. The molecule has 0 aliphatic heterocycles. The summed E-state index contributed by atoms with van der Waals surface area (Å²) in [6, 6.07) is 0. The van der Waals surface area contributed by atoms with Gasteiger partial charge in [0.15, 0.2) is 5.82 Å². The van der Waals surface area contributed by atoms with E-state index >= 15 is 0 Å². The first-order valence-electron chi connectivity index (χ1n) is 4.83. The number of ether oxygens (including phenoxy) is 1. The van der Waals surface area contributed by atoms with E-state index in [9.17, 15) is 0 Å². The Morgan fingerprint density at radius 1 is 1.50 bits per heavy atom. The maximum absolute atomic E-state index is 4.92. The van der Waals surface area contributed by atoms with Crippen molar-refractivity contribution in [1.29, 1.82) is 0 Å². The molecule has 6 nitrogen and oxygen atoms in total. The van der Waals surface area contributed by atoms with Crippen LogP contribution >= 0.6 is 0 Å². The molecule has 1 rings (SSSR count). The molecule has 1 aromatic heterocycles. The maximum atomic E-state index is 4.92. The first-order chi connectivity index (χ1) is 6.88. The van der Waals surface area contributed by atoms with E-state index in [0.717, 1.165) is 25.3 Å².